The number of rotatable bonds is 6. The van der Waals surface area contributed by atoms with Crippen LogP contribution in [0.5, 0.6) is 0 Å². The Morgan fingerprint density at radius 2 is 1.85 bits per heavy atom. The topological polar surface area (TPSA) is 70.2 Å². The summed E-state index contributed by atoms with van der Waals surface area (Å²) in [6.45, 7) is 8.63. The lowest BCUT2D eigenvalue weighted by molar-refractivity contribution is 0.0958. The van der Waals surface area contributed by atoms with Crippen molar-refractivity contribution < 1.29 is 9.59 Å². The second kappa shape index (κ2) is 7.99. The highest BCUT2D eigenvalue weighted by Gasteiger charge is 2.05. The Morgan fingerprint density at radius 1 is 1.20 bits per heavy atom. The van der Waals surface area contributed by atoms with Crippen LogP contribution in [0.2, 0.25) is 0 Å². The van der Waals surface area contributed by atoms with Crippen LogP contribution < -0.4 is 16.0 Å². The van der Waals surface area contributed by atoms with Gasteiger partial charge in [-0.1, -0.05) is 19.9 Å². The molecular formula is C15H21N3O2. The van der Waals surface area contributed by atoms with E-state index in [0.717, 1.165) is 0 Å². The van der Waals surface area contributed by atoms with Crippen LogP contribution in [0, 0.1) is 5.92 Å². The van der Waals surface area contributed by atoms with E-state index in [1.165, 1.54) is 0 Å². The zero-order valence-electron chi connectivity index (χ0n) is 11.9. The molecule has 1 aromatic rings. The van der Waals surface area contributed by atoms with Crippen LogP contribution in [0.4, 0.5) is 10.5 Å². The van der Waals surface area contributed by atoms with E-state index in [9.17, 15) is 9.59 Å². The third-order valence-electron chi connectivity index (χ3n) is 2.48. The predicted molar refractivity (Wildman–Crippen MR) is 80.8 cm³/mol. The highest BCUT2D eigenvalue weighted by Crippen LogP contribution is 2.09. The van der Waals surface area contributed by atoms with Crippen molar-refractivity contribution in [2.75, 3.05) is 18.4 Å². The van der Waals surface area contributed by atoms with E-state index < -0.39 is 0 Å². The summed E-state index contributed by atoms with van der Waals surface area (Å²) in [7, 11) is 0. The van der Waals surface area contributed by atoms with Crippen molar-refractivity contribution in [3.8, 4) is 0 Å². The molecule has 3 amide bonds. The minimum absolute atomic E-state index is 0.166. The van der Waals surface area contributed by atoms with Gasteiger partial charge in [-0.2, -0.15) is 0 Å². The van der Waals surface area contributed by atoms with Gasteiger partial charge in [-0.15, -0.1) is 6.58 Å². The molecule has 108 valence electrons. The lowest BCUT2D eigenvalue weighted by Crippen LogP contribution is -2.31. The fourth-order valence-electron chi connectivity index (χ4n) is 1.44. The van der Waals surface area contributed by atoms with Crippen LogP contribution in [0.3, 0.4) is 0 Å². The van der Waals surface area contributed by atoms with Gasteiger partial charge >= 0.3 is 6.03 Å². The number of hydrogen-bond acceptors (Lipinski definition) is 2. The van der Waals surface area contributed by atoms with Crippen molar-refractivity contribution in [1.29, 1.82) is 0 Å². The van der Waals surface area contributed by atoms with E-state index in [1.807, 2.05) is 13.8 Å². The molecule has 0 radical (unpaired) electrons. The maximum absolute atomic E-state index is 11.7. The number of benzene rings is 1. The van der Waals surface area contributed by atoms with Gasteiger partial charge in [0.25, 0.3) is 5.91 Å². The molecule has 0 fully saturated rings. The Hall–Kier alpha value is -2.30. The molecule has 1 aromatic carbocycles. The molecule has 5 heteroatoms. The molecule has 0 aromatic heterocycles. The minimum Gasteiger partial charge on any atom is -0.349 e. The Bertz CT molecular complexity index is 467. The maximum Gasteiger partial charge on any atom is 0.319 e. The zero-order chi connectivity index (χ0) is 15.0. The minimum atomic E-state index is -0.248. The van der Waals surface area contributed by atoms with E-state index >= 15 is 0 Å². The molecule has 0 saturated heterocycles. The molecule has 3 N–H and O–H groups in total. The molecule has 0 heterocycles. The molecule has 0 aliphatic heterocycles. The molecule has 5 nitrogen and oxygen atoms in total. The van der Waals surface area contributed by atoms with Crippen LogP contribution in [0.25, 0.3) is 0 Å². The van der Waals surface area contributed by atoms with Crippen molar-refractivity contribution in [3.63, 3.8) is 0 Å². The van der Waals surface area contributed by atoms with E-state index in [-0.39, 0.29) is 11.9 Å². The normalized spacial score (nSPS) is 9.95. The number of anilines is 1. The third kappa shape index (κ3) is 5.56. The van der Waals surface area contributed by atoms with Gasteiger partial charge in [-0.3, -0.25) is 4.79 Å². The first-order chi connectivity index (χ1) is 9.52. The molecule has 20 heavy (non-hydrogen) atoms. The number of nitrogens with one attached hydrogen (secondary N) is 3. The van der Waals surface area contributed by atoms with E-state index in [0.29, 0.717) is 30.3 Å². The van der Waals surface area contributed by atoms with Crippen molar-refractivity contribution in [1.82, 2.24) is 10.6 Å². The molecular weight excluding hydrogens is 254 g/mol. The van der Waals surface area contributed by atoms with Gasteiger partial charge in [-0.05, 0) is 30.2 Å². The molecule has 0 spiro atoms. The molecule has 0 aliphatic rings. The maximum atomic E-state index is 11.7. The van der Waals surface area contributed by atoms with Gasteiger partial charge in [0.1, 0.15) is 0 Å². The van der Waals surface area contributed by atoms with Crippen LogP contribution >= 0.6 is 0 Å². The SMILES string of the molecule is C=CCNC(=O)c1ccc(NC(=O)NCC(C)C)cc1. The summed E-state index contributed by atoms with van der Waals surface area (Å²) in [6, 6.07) is 6.46. The van der Waals surface area contributed by atoms with Gasteiger partial charge in [-0.25, -0.2) is 4.79 Å². The first-order valence-corrected chi connectivity index (χ1v) is 6.57. The molecule has 0 saturated carbocycles. The molecule has 0 atom stereocenters. The highest BCUT2D eigenvalue weighted by molar-refractivity contribution is 5.95. The summed E-state index contributed by atoms with van der Waals surface area (Å²) >= 11 is 0. The molecule has 0 bridgehead atoms. The first-order valence-electron chi connectivity index (χ1n) is 6.57. The summed E-state index contributed by atoms with van der Waals surface area (Å²) in [5.41, 5.74) is 1.19. The Morgan fingerprint density at radius 3 is 2.40 bits per heavy atom. The Balaban J connectivity index is 2.51. The lowest BCUT2D eigenvalue weighted by atomic mass is 10.2. The summed E-state index contributed by atoms with van der Waals surface area (Å²) in [6.07, 6.45) is 1.62. The monoisotopic (exact) mass is 275 g/mol. The van der Waals surface area contributed by atoms with Gasteiger partial charge in [0, 0.05) is 24.3 Å². The number of hydrogen-bond donors (Lipinski definition) is 3. The largest absolute Gasteiger partial charge is 0.349 e. The average molecular weight is 275 g/mol. The van der Waals surface area contributed by atoms with Crippen molar-refractivity contribution in [2.45, 2.75) is 13.8 Å². The van der Waals surface area contributed by atoms with Crippen LogP contribution in [-0.2, 0) is 0 Å². The van der Waals surface area contributed by atoms with Gasteiger partial charge in [0.15, 0.2) is 0 Å². The van der Waals surface area contributed by atoms with Crippen LogP contribution in [-0.4, -0.2) is 25.0 Å². The number of amides is 3. The predicted octanol–water partition coefficient (Wildman–Crippen LogP) is 2.38. The highest BCUT2D eigenvalue weighted by atomic mass is 16.2. The standard InChI is InChI=1S/C15H21N3O2/c1-4-9-16-14(19)12-5-7-13(8-6-12)18-15(20)17-10-11(2)3/h4-8,11H,1,9-10H2,2-3H3,(H,16,19)(H2,17,18,20). The van der Waals surface area contributed by atoms with Gasteiger partial charge in [0.05, 0.1) is 0 Å². The number of carbonyl (C=O) groups is 2. The van der Waals surface area contributed by atoms with E-state index in [1.54, 1.807) is 30.3 Å². The van der Waals surface area contributed by atoms with Crippen LogP contribution in [0.1, 0.15) is 24.2 Å². The van der Waals surface area contributed by atoms with Crippen molar-refractivity contribution in [3.05, 3.63) is 42.5 Å². The van der Waals surface area contributed by atoms with E-state index in [4.69, 9.17) is 0 Å². The first kappa shape index (κ1) is 15.8. The van der Waals surface area contributed by atoms with Crippen molar-refractivity contribution in [2.24, 2.45) is 5.92 Å². The Labute approximate surface area is 119 Å². The average Bonchev–Trinajstić information content (AvgIpc) is 2.43. The van der Waals surface area contributed by atoms with Gasteiger partial charge < -0.3 is 16.0 Å². The smallest absolute Gasteiger partial charge is 0.319 e. The zero-order valence-corrected chi connectivity index (χ0v) is 11.9. The van der Waals surface area contributed by atoms with Crippen LogP contribution in [0.15, 0.2) is 36.9 Å². The molecule has 0 aliphatic carbocycles. The second-order valence-corrected chi connectivity index (χ2v) is 4.80. The summed E-state index contributed by atoms with van der Waals surface area (Å²) < 4.78 is 0. The summed E-state index contributed by atoms with van der Waals surface area (Å²) in [5, 5.41) is 8.15. The third-order valence-corrected chi connectivity index (χ3v) is 2.48. The van der Waals surface area contributed by atoms with Crippen molar-refractivity contribution >= 4 is 17.6 Å². The quantitative estimate of drug-likeness (QED) is 0.698. The second-order valence-electron chi connectivity index (χ2n) is 4.80. The number of carbonyl (C=O) groups excluding carboxylic acids is 2. The summed E-state index contributed by atoms with van der Waals surface area (Å²) in [4.78, 5) is 23.2. The summed E-state index contributed by atoms with van der Waals surface area (Å²) in [5.74, 6) is 0.234. The molecule has 1 rings (SSSR count). The fraction of sp³-hybridized carbons (Fsp3) is 0.333. The lowest BCUT2D eigenvalue weighted by Gasteiger charge is -2.09. The Kier molecular flexibility index (Phi) is 6.29. The molecule has 0 unspecified atom stereocenters. The number of urea groups is 1. The van der Waals surface area contributed by atoms with Gasteiger partial charge in [0.2, 0.25) is 0 Å². The van der Waals surface area contributed by atoms with E-state index in [2.05, 4.69) is 22.5 Å². The fourth-order valence-corrected chi connectivity index (χ4v) is 1.44.